The highest BCUT2D eigenvalue weighted by molar-refractivity contribution is 6.30. The second-order valence-corrected chi connectivity index (χ2v) is 6.07. The summed E-state index contributed by atoms with van der Waals surface area (Å²) in [6.45, 7) is 0.570. The third-order valence-corrected chi connectivity index (χ3v) is 3.91. The Bertz CT molecular complexity index is 663. The maximum absolute atomic E-state index is 11.7. The van der Waals surface area contributed by atoms with Crippen LogP contribution in [0.4, 0.5) is 0 Å². The summed E-state index contributed by atoms with van der Waals surface area (Å²) in [4.78, 5) is 16.0. The number of carbonyl (C=O) groups excluding carboxylic acids is 1. The van der Waals surface area contributed by atoms with Gasteiger partial charge in [0.15, 0.2) is 0 Å². The van der Waals surface area contributed by atoms with Crippen LogP contribution in [0.1, 0.15) is 25.0 Å². The van der Waals surface area contributed by atoms with Gasteiger partial charge in [0.2, 0.25) is 0 Å². The van der Waals surface area contributed by atoms with Crippen LogP contribution in [0.25, 0.3) is 11.4 Å². The largest absolute Gasteiger partial charge is 0.465 e. The van der Waals surface area contributed by atoms with E-state index in [2.05, 4.69) is 10.1 Å². The normalized spacial score (nSPS) is 14.1. The van der Waals surface area contributed by atoms with E-state index in [9.17, 15) is 4.79 Å². The highest BCUT2D eigenvalue weighted by atomic mass is 35.5. The van der Waals surface area contributed by atoms with Crippen molar-refractivity contribution in [3.63, 3.8) is 0 Å². The second kappa shape index (κ2) is 6.48. The Morgan fingerprint density at radius 1 is 1.45 bits per heavy atom. The minimum absolute atomic E-state index is 0.149. The predicted octanol–water partition coefficient (Wildman–Crippen LogP) is 3.02. The molecule has 1 fully saturated rings. The van der Waals surface area contributed by atoms with Gasteiger partial charge in [0.1, 0.15) is 0 Å². The lowest BCUT2D eigenvalue weighted by atomic mass is 10.2. The van der Waals surface area contributed by atoms with E-state index in [-0.39, 0.29) is 5.97 Å². The molecule has 0 radical (unpaired) electrons. The van der Waals surface area contributed by atoms with Gasteiger partial charge in [-0.3, -0.25) is 14.5 Å². The maximum Gasteiger partial charge on any atom is 0.306 e. The first kappa shape index (κ1) is 15.0. The van der Waals surface area contributed by atoms with Gasteiger partial charge in [0.05, 0.1) is 35.1 Å². The van der Waals surface area contributed by atoms with E-state index >= 15 is 0 Å². The van der Waals surface area contributed by atoms with Gasteiger partial charge in [-0.05, 0) is 37.0 Å². The van der Waals surface area contributed by atoms with Crippen LogP contribution in [0.15, 0.2) is 24.4 Å². The molecule has 2 heterocycles. The van der Waals surface area contributed by atoms with Crippen LogP contribution in [0, 0.1) is 5.92 Å². The number of hydrogen-bond donors (Lipinski definition) is 0. The smallest absolute Gasteiger partial charge is 0.306 e. The van der Waals surface area contributed by atoms with Gasteiger partial charge in [0, 0.05) is 19.7 Å². The molecule has 1 aliphatic carbocycles. The van der Waals surface area contributed by atoms with Gasteiger partial charge >= 0.3 is 5.97 Å². The molecule has 0 atom stereocenters. The molecule has 0 saturated heterocycles. The van der Waals surface area contributed by atoms with E-state index in [4.69, 9.17) is 16.3 Å². The SMILES string of the molecule is Cn1nc(CCC(=O)OCC2CC2)cc1-c1ccc(Cl)cn1. The third kappa shape index (κ3) is 3.85. The lowest BCUT2D eigenvalue weighted by Crippen LogP contribution is -2.08. The Hall–Kier alpha value is -1.88. The van der Waals surface area contributed by atoms with Crippen LogP contribution in [0.5, 0.6) is 0 Å². The van der Waals surface area contributed by atoms with E-state index in [1.807, 2.05) is 19.2 Å². The zero-order chi connectivity index (χ0) is 15.5. The topological polar surface area (TPSA) is 57.0 Å². The summed E-state index contributed by atoms with van der Waals surface area (Å²) in [6, 6.07) is 5.60. The van der Waals surface area contributed by atoms with Crippen LogP contribution in [0.2, 0.25) is 5.02 Å². The molecule has 1 saturated carbocycles. The monoisotopic (exact) mass is 319 g/mol. The van der Waals surface area contributed by atoms with Crippen molar-refractivity contribution in [1.82, 2.24) is 14.8 Å². The fourth-order valence-corrected chi connectivity index (χ4v) is 2.33. The molecule has 0 unspecified atom stereocenters. The molecule has 0 bridgehead atoms. The molecule has 0 aliphatic heterocycles. The van der Waals surface area contributed by atoms with Gasteiger partial charge in [-0.1, -0.05) is 11.6 Å². The Labute approximate surface area is 134 Å². The average molecular weight is 320 g/mol. The van der Waals surface area contributed by atoms with Crippen LogP contribution < -0.4 is 0 Å². The first-order chi connectivity index (χ1) is 10.6. The van der Waals surface area contributed by atoms with Crippen LogP contribution in [-0.4, -0.2) is 27.3 Å². The fourth-order valence-electron chi connectivity index (χ4n) is 2.21. The average Bonchev–Trinajstić information content (AvgIpc) is 3.26. The number of esters is 1. The first-order valence-electron chi connectivity index (χ1n) is 7.42. The Balaban J connectivity index is 1.59. The Morgan fingerprint density at radius 2 is 2.27 bits per heavy atom. The molecule has 2 aromatic rings. The Morgan fingerprint density at radius 3 is 2.95 bits per heavy atom. The molecule has 116 valence electrons. The molecule has 1 aliphatic rings. The molecule has 3 rings (SSSR count). The minimum Gasteiger partial charge on any atom is -0.465 e. The number of ether oxygens (including phenoxy) is 1. The summed E-state index contributed by atoms with van der Waals surface area (Å²) < 4.78 is 6.99. The minimum atomic E-state index is -0.149. The molecule has 0 spiro atoms. The quantitative estimate of drug-likeness (QED) is 0.768. The van der Waals surface area contributed by atoms with Crippen LogP contribution >= 0.6 is 11.6 Å². The summed E-state index contributed by atoms with van der Waals surface area (Å²) >= 11 is 5.85. The van der Waals surface area contributed by atoms with Crippen molar-refractivity contribution in [2.24, 2.45) is 13.0 Å². The lowest BCUT2D eigenvalue weighted by Gasteiger charge is -2.01. The summed E-state index contributed by atoms with van der Waals surface area (Å²) in [7, 11) is 1.86. The van der Waals surface area contributed by atoms with Crippen molar-refractivity contribution in [2.75, 3.05) is 6.61 Å². The van der Waals surface area contributed by atoms with Gasteiger partial charge in [-0.25, -0.2) is 0 Å². The standard InChI is InChI=1S/C16H18ClN3O2/c1-20-15(14-6-4-12(17)9-18-14)8-13(19-20)5-7-16(21)22-10-11-2-3-11/h4,6,8-9,11H,2-3,5,7,10H2,1H3. The first-order valence-corrected chi connectivity index (χ1v) is 7.80. The predicted molar refractivity (Wildman–Crippen MR) is 83.5 cm³/mol. The zero-order valence-electron chi connectivity index (χ0n) is 12.5. The van der Waals surface area contributed by atoms with Crippen molar-refractivity contribution in [2.45, 2.75) is 25.7 Å². The number of pyridine rings is 1. The molecule has 2 aromatic heterocycles. The van der Waals surface area contributed by atoms with Crippen molar-refractivity contribution in [1.29, 1.82) is 0 Å². The van der Waals surface area contributed by atoms with Crippen molar-refractivity contribution >= 4 is 17.6 Å². The van der Waals surface area contributed by atoms with Gasteiger partial charge in [-0.15, -0.1) is 0 Å². The van der Waals surface area contributed by atoms with Crippen molar-refractivity contribution in [3.8, 4) is 11.4 Å². The fraction of sp³-hybridized carbons (Fsp3) is 0.438. The molecule has 0 aromatic carbocycles. The highest BCUT2D eigenvalue weighted by Crippen LogP contribution is 2.29. The van der Waals surface area contributed by atoms with Crippen LogP contribution in [0.3, 0.4) is 0 Å². The molecule has 0 N–H and O–H groups in total. The molecule has 0 amide bonds. The van der Waals surface area contributed by atoms with Gasteiger partial charge < -0.3 is 4.74 Å². The van der Waals surface area contributed by atoms with Gasteiger partial charge in [0.25, 0.3) is 0 Å². The molecule has 6 heteroatoms. The molecular formula is C16H18ClN3O2. The zero-order valence-corrected chi connectivity index (χ0v) is 13.2. The summed E-state index contributed by atoms with van der Waals surface area (Å²) in [5, 5.41) is 5.03. The van der Waals surface area contributed by atoms with E-state index in [0.717, 1.165) is 17.1 Å². The maximum atomic E-state index is 11.7. The number of aryl methyl sites for hydroxylation is 2. The number of hydrogen-bond acceptors (Lipinski definition) is 4. The van der Waals surface area contributed by atoms with E-state index in [1.54, 1.807) is 16.9 Å². The highest BCUT2D eigenvalue weighted by Gasteiger charge is 2.23. The molecular weight excluding hydrogens is 302 g/mol. The van der Waals surface area contributed by atoms with E-state index in [0.29, 0.717) is 30.4 Å². The molecule has 5 nitrogen and oxygen atoms in total. The van der Waals surface area contributed by atoms with Crippen LogP contribution in [-0.2, 0) is 23.0 Å². The van der Waals surface area contributed by atoms with E-state index < -0.39 is 0 Å². The van der Waals surface area contributed by atoms with Gasteiger partial charge in [-0.2, -0.15) is 5.10 Å². The van der Waals surface area contributed by atoms with E-state index in [1.165, 1.54) is 12.8 Å². The number of aromatic nitrogens is 3. The number of carbonyl (C=O) groups is 1. The molecule has 22 heavy (non-hydrogen) atoms. The van der Waals surface area contributed by atoms with Crippen molar-refractivity contribution in [3.05, 3.63) is 35.1 Å². The second-order valence-electron chi connectivity index (χ2n) is 5.63. The lowest BCUT2D eigenvalue weighted by molar-refractivity contribution is -0.144. The number of rotatable bonds is 6. The third-order valence-electron chi connectivity index (χ3n) is 3.68. The number of halogens is 1. The summed E-state index contributed by atoms with van der Waals surface area (Å²) in [5.41, 5.74) is 2.57. The van der Waals surface area contributed by atoms with Crippen molar-refractivity contribution < 1.29 is 9.53 Å². The summed E-state index contributed by atoms with van der Waals surface area (Å²) in [5.74, 6) is 0.449. The number of nitrogens with zero attached hydrogens (tertiary/aromatic N) is 3. The summed E-state index contributed by atoms with van der Waals surface area (Å²) in [6.07, 6.45) is 4.91. The Kier molecular flexibility index (Phi) is 4.43.